The van der Waals surface area contributed by atoms with Crippen molar-refractivity contribution in [2.24, 2.45) is 29.4 Å². The van der Waals surface area contributed by atoms with Crippen molar-refractivity contribution in [3.8, 4) is 0 Å². The summed E-state index contributed by atoms with van der Waals surface area (Å²) < 4.78 is 26.2. The predicted octanol–water partition coefficient (Wildman–Crippen LogP) is 0.777. The number of fused-ring (bicyclic) bond motifs is 1. The van der Waals surface area contributed by atoms with Gasteiger partial charge in [-0.25, -0.2) is 8.78 Å². The minimum atomic E-state index is -1.86. The molecule has 2 aliphatic rings. The van der Waals surface area contributed by atoms with Crippen LogP contribution >= 0.6 is 11.8 Å². The number of thioether (sulfide) groups is 1. The molecule has 0 aliphatic heterocycles. The van der Waals surface area contributed by atoms with Gasteiger partial charge in [0.2, 0.25) is 0 Å². The quantitative estimate of drug-likeness (QED) is 0.573. The van der Waals surface area contributed by atoms with E-state index < -0.39 is 58.9 Å². The van der Waals surface area contributed by atoms with Gasteiger partial charge in [0, 0.05) is 28.4 Å². The van der Waals surface area contributed by atoms with Crippen molar-refractivity contribution in [2.45, 2.75) is 16.5 Å². The number of hydrogen-bond donors (Lipinski definition) is 4. The van der Waals surface area contributed by atoms with Gasteiger partial charge in [-0.05, 0) is 18.2 Å². The average Bonchev–Trinajstić information content (AvgIpc) is 3.21. The molecule has 0 radical (unpaired) electrons. The molecule has 2 aliphatic carbocycles. The molecule has 0 saturated heterocycles. The summed E-state index contributed by atoms with van der Waals surface area (Å²) in [5.41, 5.74) is 4.14. The number of aliphatic carboxylic acids is 2. The zero-order chi connectivity index (χ0) is 17.8. The van der Waals surface area contributed by atoms with Crippen LogP contribution in [0, 0.1) is 35.3 Å². The van der Waals surface area contributed by atoms with Crippen molar-refractivity contribution in [3.63, 3.8) is 0 Å². The Hall–Kier alpha value is -1.71. The van der Waals surface area contributed by atoms with Crippen molar-refractivity contribution in [1.82, 2.24) is 0 Å². The lowest BCUT2D eigenvalue weighted by Gasteiger charge is -2.32. The van der Waals surface area contributed by atoms with E-state index in [1.807, 2.05) is 0 Å². The van der Waals surface area contributed by atoms with Crippen molar-refractivity contribution in [1.29, 1.82) is 0 Å². The fourth-order valence-electron chi connectivity index (χ4n) is 3.78. The van der Waals surface area contributed by atoms with Crippen molar-refractivity contribution < 1.29 is 33.7 Å². The highest BCUT2D eigenvalue weighted by atomic mass is 32.2. The zero-order valence-electron chi connectivity index (χ0n) is 12.2. The number of nitrogens with two attached hydrogens (primary N) is 1. The Kier molecular flexibility index (Phi) is 4.05. The average molecular weight is 359 g/mol. The van der Waals surface area contributed by atoms with E-state index in [0.29, 0.717) is 4.90 Å². The Balaban J connectivity index is 1.79. The maximum atomic E-state index is 13.2. The number of halogens is 2. The minimum Gasteiger partial charge on any atom is -0.481 e. The molecule has 9 heteroatoms. The maximum Gasteiger partial charge on any atom is 0.324 e. The van der Waals surface area contributed by atoms with E-state index in [9.17, 15) is 28.6 Å². The highest BCUT2D eigenvalue weighted by molar-refractivity contribution is 7.99. The molecule has 5 N–H and O–H groups in total. The van der Waals surface area contributed by atoms with Crippen LogP contribution in [0.1, 0.15) is 0 Å². The van der Waals surface area contributed by atoms with Crippen molar-refractivity contribution in [3.05, 3.63) is 29.8 Å². The first kappa shape index (κ1) is 17.1. The van der Waals surface area contributed by atoms with Gasteiger partial charge in [0.05, 0.1) is 12.0 Å². The molecule has 0 aromatic heterocycles. The minimum absolute atomic E-state index is 0.0500. The second-order valence-electron chi connectivity index (χ2n) is 6.19. The molecule has 0 spiro atoms. The van der Waals surface area contributed by atoms with Crippen LogP contribution in [0.3, 0.4) is 0 Å². The third kappa shape index (κ3) is 2.38. The fraction of sp³-hybridized carbons (Fsp3) is 0.467. The van der Waals surface area contributed by atoms with E-state index in [4.69, 9.17) is 10.8 Å². The van der Waals surface area contributed by atoms with Crippen LogP contribution in [0.4, 0.5) is 8.78 Å². The first-order chi connectivity index (χ1) is 11.2. The largest absolute Gasteiger partial charge is 0.481 e. The van der Waals surface area contributed by atoms with Gasteiger partial charge < -0.3 is 21.1 Å². The highest BCUT2D eigenvalue weighted by Gasteiger charge is 2.77. The number of aliphatic hydroxyl groups is 1. The summed E-state index contributed by atoms with van der Waals surface area (Å²) in [6.07, 6.45) is -1.17. The Morgan fingerprint density at radius 1 is 1.25 bits per heavy atom. The van der Waals surface area contributed by atoms with Crippen molar-refractivity contribution >= 4 is 23.7 Å². The lowest BCUT2D eigenvalue weighted by molar-refractivity contribution is -0.148. The third-order valence-electron chi connectivity index (χ3n) is 5.02. The van der Waals surface area contributed by atoms with Gasteiger partial charge in [0.15, 0.2) is 11.6 Å². The Labute approximate surface area is 139 Å². The second kappa shape index (κ2) is 5.68. The van der Waals surface area contributed by atoms with Crippen LogP contribution in [-0.4, -0.2) is 44.7 Å². The molecule has 6 nitrogen and oxygen atoms in total. The Bertz CT molecular complexity index is 717. The molecule has 0 bridgehead atoms. The number of carboxylic acids is 2. The van der Waals surface area contributed by atoms with Crippen LogP contribution in [0.5, 0.6) is 0 Å². The molecule has 2 fully saturated rings. The van der Waals surface area contributed by atoms with E-state index in [1.165, 1.54) is 6.07 Å². The molecule has 6 atom stereocenters. The van der Waals surface area contributed by atoms with Gasteiger partial charge in [0.1, 0.15) is 5.54 Å². The molecule has 0 heterocycles. The molecule has 3 rings (SSSR count). The maximum absolute atomic E-state index is 13.2. The van der Waals surface area contributed by atoms with E-state index in [-0.39, 0.29) is 5.75 Å². The normalized spacial score (nSPS) is 37.1. The van der Waals surface area contributed by atoms with Crippen LogP contribution in [0.25, 0.3) is 0 Å². The first-order valence-corrected chi connectivity index (χ1v) is 8.19. The predicted molar refractivity (Wildman–Crippen MR) is 79.2 cm³/mol. The summed E-state index contributed by atoms with van der Waals surface area (Å²) in [6, 6.07) is 3.26. The van der Waals surface area contributed by atoms with Gasteiger partial charge in [-0.2, -0.15) is 0 Å². The summed E-state index contributed by atoms with van der Waals surface area (Å²) in [5.74, 6) is -7.90. The summed E-state index contributed by atoms with van der Waals surface area (Å²) in [5, 5.41) is 28.9. The van der Waals surface area contributed by atoms with Gasteiger partial charge in [-0.3, -0.25) is 9.59 Å². The smallest absolute Gasteiger partial charge is 0.324 e. The third-order valence-corrected chi connectivity index (χ3v) is 6.14. The molecule has 1 aromatic rings. The monoisotopic (exact) mass is 359 g/mol. The van der Waals surface area contributed by atoms with Crippen molar-refractivity contribution in [2.75, 3.05) is 5.75 Å². The summed E-state index contributed by atoms with van der Waals surface area (Å²) >= 11 is 1.04. The molecular weight excluding hydrogens is 344 g/mol. The Morgan fingerprint density at radius 2 is 1.92 bits per heavy atom. The summed E-state index contributed by atoms with van der Waals surface area (Å²) in [7, 11) is 0. The van der Waals surface area contributed by atoms with E-state index in [2.05, 4.69) is 0 Å². The van der Waals surface area contributed by atoms with Crippen LogP contribution in [0.2, 0.25) is 0 Å². The Morgan fingerprint density at radius 3 is 2.46 bits per heavy atom. The number of carbonyl (C=O) groups is 2. The molecule has 0 unspecified atom stereocenters. The zero-order valence-corrected chi connectivity index (χ0v) is 13.0. The molecule has 2 saturated carbocycles. The van der Waals surface area contributed by atoms with Crippen LogP contribution < -0.4 is 5.73 Å². The van der Waals surface area contributed by atoms with E-state index in [1.54, 1.807) is 0 Å². The van der Waals surface area contributed by atoms with Gasteiger partial charge in [0.25, 0.3) is 0 Å². The SMILES string of the molecule is N[C@]1(C(=O)O)[C@@H]2[C@@H](C(=O)O)[C@@H]2[C@H](O)[C@H]1CSc1ccc(F)c(F)c1. The lowest BCUT2D eigenvalue weighted by atomic mass is 9.81. The number of benzene rings is 1. The molecule has 1 aromatic carbocycles. The number of carboxylic acid groups (broad SMARTS) is 2. The number of rotatable bonds is 5. The molecule has 130 valence electrons. The first-order valence-electron chi connectivity index (χ1n) is 7.20. The molecule has 0 amide bonds. The summed E-state index contributed by atoms with van der Waals surface area (Å²) in [4.78, 5) is 23.2. The van der Waals surface area contributed by atoms with Gasteiger partial charge in [-0.15, -0.1) is 11.8 Å². The highest BCUT2D eigenvalue weighted by Crippen LogP contribution is 2.64. The topological polar surface area (TPSA) is 121 Å². The van der Waals surface area contributed by atoms with E-state index in [0.717, 1.165) is 23.9 Å². The standard InChI is InChI=1S/C15H15F2NO5S/c16-7-2-1-5(3-8(7)17)24-4-6-12(19)9-10(13(20)21)11(9)15(6,18)14(22)23/h1-3,6,9-12,19H,4,18H2,(H,20,21)(H,22,23)/t6-,9+,10+,11+,12-,15+/m1/s1. The van der Waals surface area contributed by atoms with Crippen LogP contribution in [-0.2, 0) is 9.59 Å². The molecular formula is C15H15F2NO5S. The van der Waals surface area contributed by atoms with E-state index >= 15 is 0 Å². The van der Waals surface area contributed by atoms with Gasteiger partial charge >= 0.3 is 11.9 Å². The van der Waals surface area contributed by atoms with Crippen LogP contribution in [0.15, 0.2) is 23.1 Å². The van der Waals surface area contributed by atoms with Gasteiger partial charge in [-0.1, -0.05) is 0 Å². The fourth-order valence-corrected chi connectivity index (χ4v) is 4.98. The summed E-state index contributed by atoms with van der Waals surface area (Å²) in [6.45, 7) is 0. The number of hydrogen-bond acceptors (Lipinski definition) is 5. The number of aliphatic hydroxyl groups excluding tert-OH is 1. The lowest BCUT2D eigenvalue weighted by Crippen LogP contribution is -2.58. The second-order valence-corrected chi connectivity index (χ2v) is 7.28. The molecule has 24 heavy (non-hydrogen) atoms.